The van der Waals surface area contributed by atoms with E-state index in [1.165, 1.54) is 12.8 Å². The summed E-state index contributed by atoms with van der Waals surface area (Å²) in [5.41, 5.74) is 0. The predicted molar refractivity (Wildman–Crippen MR) is 65.0 cm³/mol. The second-order valence-electron chi connectivity index (χ2n) is 4.82. The molecule has 4 heteroatoms. The zero-order chi connectivity index (χ0) is 12.7. The highest BCUT2D eigenvalue weighted by Crippen LogP contribution is 2.25. The lowest BCUT2D eigenvalue weighted by Crippen LogP contribution is -2.27. The Bertz CT molecular complexity index is 221. The predicted octanol–water partition coefficient (Wildman–Crippen LogP) is 2.46. The fourth-order valence-electron chi connectivity index (χ4n) is 2.22. The molecule has 0 aromatic carbocycles. The third-order valence-electron chi connectivity index (χ3n) is 3.34. The minimum absolute atomic E-state index is 0.322. The van der Waals surface area contributed by atoms with E-state index in [4.69, 9.17) is 14.6 Å². The molecule has 1 atom stereocenters. The molecule has 4 nitrogen and oxygen atoms in total. The number of ether oxygens (including phenoxy) is 2. The molecule has 1 saturated carbocycles. The second-order valence-corrected chi connectivity index (χ2v) is 4.82. The monoisotopic (exact) mass is 244 g/mol. The molecule has 17 heavy (non-hydrogen) atoms. The van der Waals surface area contributed by atoms with Gasteiger partial charge in [0.1, 0.15) is 0 Å². The van der Waals surface area contributed by atoms with E-state index in [0.29, 0.717) is 25.7 Å². The maximum Gasteiger partial charge on any atom is 0.332 e. The third kappa shape index (κ3) is 5.50. The van der Waals surface area contributed by atoms with Gasteiger partial charge < -0.3 is 14.6 Å². The van der Waals surface area contributed by atoms with Crippen LogP contribution < -0.4 is 0 Å². The van der Waals surface area contributed by atoms with Gasteiger partial charge in [0.2, 0.25) is 0 Å². The van der Waals surface area contributed by atoms with Crippen molar-refractivity contribution in [2.24, 2.45) is 5.92 Å². The number of hydrogen-bond donors (Lipinski definition) is 1. The number of carbonyl (C=O) groups is 1. The minimum Gasteiger partial charge on any atom is -0.479 e. The summed E-state index contributed by atoms with van der Waals surface area (Å²) in [4.78, 5) is 10.8. The number of carboxylic acid groups (broad SMARTS) is 1. The first-order chi connectivity index (χ1) is 8.13. The highest BCUT2D eigenvalue weighted by Gasteiger charge is 2.21. The third-order valence-corrected chi connectivity index (χ3v) is 3.34. The van der Waals surface area contributed by atoms with Crippen molar-refractivity contribution >= 4 is 5.97 Å². The van der Waals surface area contributed by atoms with Gasteiger partial charge in [-0.25, -0.2) is 4.79 Å². The molecular formula is C13H24O4. The standard InChI is InChI=1S/C13H24O4/c1-3-16-12(13(14)15)8-9-17-11-6-4-10(2)5-7-11/h10-12H,3-9H2,1-2H3,(H,14,15). The molecule has 0 amide bonds. The maximum atomic E-state index is 10.8. The molecule has 0 aromatic heterocycles. The molecular weight excluding hydrogens is 220 g/mol. The summed E-state index contributed by atoms with van der Waals surface area (Å²) in [6.07, 6.45) is 4.69. The van der Waals surface area contributed by atoms with Gasteiger partial charge in [0, 0.05) is 19.6 Å². The molecule has 1 aliphatic carbocycles. The lowest BCUT2D eigenvalue weighted by Gasteiger charge is -2.26. The van der Waals surface area contributed by atoms with Crippen molar-refractivity contribution in [1.29, 1.82) is 0 Å². The molecule has 1 aliphatic rings. The summed E-state index contributed by atoms with van der Waals surface area (Å²) >= 11 is 0. The van der Waals surface area contributed by atoms with Crippen molar-refractivity contribution in [3.63, 3.8) is 0 Å². The lowest BCUT2D eigenvalue weighted by atomic mass is 9.89. The molecule has 0 radical (unpaired) electrons. The zero-order valence-electron chi connectivity index (χ0n) is 10.9. The van der Waals surface area contributed by atoms with Crippen LogP contribution in [0.4, 0.5) is 0 Å². The van der Waals surface area contributed by atoms with E-state index in [9.17, 15) is 4.79 Å². The summed E-state index contributed by atoms with van der Waals surface area (Å²) in [5.74, 6) is -0.0854. The molecule has 0 aromatic rings. The normalized spacial score (nSPS) is 26.7. The average molecular weight is 244 g/mol. The van der Waals surface area contributed by atoms with Gasteiger partial charge in [-0.2, -0.15) is 0 Å². The quantitative estimate of drug-likeness (QED) is 0.747. The number of hydrogen-bond acceptors (Lipinski definition) is 3. The first kappa shape index (κ1) is 14.5. The Morgan fingerprint density at radius 3 is 2.53 bits per heavy atom. The molecule has 0 aliphatic heterocycles. The van der Waals surface area contributed by atoms with Crippen molar-refractivity contribution in [3.8, 4) is 0 Å². The van der Waals surface area contributed by atoms with E-state index in [1.807, 2.05) is 0 Å². The second kappa shape index (κ2) is 7.67. The fraction of sp³-hybridized carbons (Fsp3) is 0.923. The molecule has 0 saturated heterocycles. The van der Waals surface area contributed by atoms with E-state index in [-0.39, 0.29) is 0 Å². The van der Waals surface area contributed by atoms with Crippen LogP contribution in [0.1, 0.15) is 46.0 Å². The van der Waals surface area contributed by atoms with Crippen LogP contribution >= 0.6 is 0 Å². The zero-order valence-corrected chi connectivity index (χ0v) is 10.9. The van der Waals surface area contributed by atoms with E-state index < -0.39 is 12.1 Å². The Labute approximate surface area is 103 Å². The van der Waals surface area contributed by atoms with Crippen LogP contribution in [0, 0.1) is 5.92 Å². The summed E-state index contributed by atoms with van der Waals surface area (Å²) in [5, 5.41) is 8.90. The Kier molecular flexibility index (Phi) is 6.52. The Hall–Kier alpha value is -0.610. The van der Waals surface area contributed by atoms with Crippen molar-refractivity contribution in [2.75, 3.05) is 13.2 Å². The van der Waals surface area contributed by atoms with Crippen LogP contribution in [-0.2, 0) is 14.3 Å². The molecule has 1 rings (SSSR count). The first-order valence-corrected chi connectivity index (χ1v) is 6.59. The van der Waals surface area contributed by atoms with Crippen LogP contribution in [0.2, 0.25) is 0 Å². The van der Waals surface area contributed by atoms with Crippen molar-refractivity contribution in [2.45, 2.75) is 58.2 Å². The van der Waals surface area contributed by atoms with Gasteiger partial charge in [-0.1, -0.05) is 6.92 Å². The minimum atomic E-state index is -0.896. The molecule has 0 heterocycles. The molecule has 0 spiro atoms. The molecule has 1 unspecified atom stereocenters. The maximum absolute atomic E-state index is 10.8. The summed E-state index contributed by atoms with van der Waals surface area (Å²) in [6.45, 7) is 4.99. The van der Waals surface area contributed by atoms with Gasteiger partial charge in [0.15, 0.2) is 6.10 Å². The van der Waals surface area contributed by atoms with Crippen molar-refractivity contribution < 1.29 is 19.4 Å². The first-order valence-electron chi connectivity index (χ1n) is 6.59. The molecule has 1 N–H and O–H groups in total. The van der Waals surface area contributed by atoms with Gasteiger partial charge in [-0.05, 0) is 38.5 Å². The fourth-order valence-corrected chi connectivity index (χ4v) is 2.22. The van der Waals surface area contributed by atoms with Gasteiger partial charge in [0.25, 0.3) is 0 Å². The lowest BCUT2D eigenvalue weighted by molar-refractivity contribution is -0.151. The largest absolute Gasteiger partial charge is 0.479 e. The van der Waals surface area contributed by atoms with Crippen molar-refractivity contribution in [3.05, 3.63) is 0 Å². The van der Waals surface area contributed by atoms with E-state index in [1.54, 1.807) is 6.92 Å². The van der Waals surface area contributed by atoms with Crippen LogP contribution in [0.5, 0.6) is 0 Å². The summed E-state index contributed by atoms with van der Waals surface area (Å²) in [7, 11) is 0. The highest BCUT2D eigenvalue weighted by molar-refractivity contribution is 5.72. The van der Waals surface area contributed by atoms with Gasteiger partial charge >= 0.3 is 5.97 Å². The van der Waals surface area contributed by atoms with Crippen molar-refractivity contribution in [1.82, 2.24) is 0 Å². The van der Waals surface area contributed by atoms with E-state index in [0.717, 1.165) is 18.8 Å². The number of aliphatic carboxylic acids is 1. The Morgan fingerprint density at radius 1 is 1.35 bits per heavy atom. The number of rotatable bonds is 7. The average Bonchev–Trinajstić information content (AvgIpc) is 2.30. The SMILES string of the molecule is CCOC(CCOC1CCC(C)CC1)C(=O)O. The molecule has 100 valence electrons. The molecule has 1 fully saturated rings. The Morgan fingerprint density at radius 2 is 2.00 bits per heavy atom. The van der Waals surface area contributed by atoms with Crippen LogP contribution in [0.15, 0.2) is 0 Å². The molecule has 0 bridgehead atoms. The van der Waals surface area contributed by atoms with Gasteiger partial charge in [-0.15, -0.1) is 0 Å². The summed E-state index contributed by atoms with van der Waals surface area (Å²) < 4.78 is 10.8. The van der Waals surface area contributed by atoms with Crippen LogP contribution in [0.25, 0.3) is 0 Å². The summed E-state index contributed by atoms with van der Waals surface area (Å²) in [6, 6.07) is 0. The van der Waals surface area contributed by atoms with E-state index in [2.05, 4.69) is 6.92 Å². The number of carboxylic acids is 1. The van der Waals surface area contributed by atoms with Gasteiger partial charge in [-0.3, -0.25) is 0 Å². The van der Waals surface area contributed by atoms with E-state index >= 15 is 0 Å². The highest BCUT2D eigenvalue weighted by atomic mass is 16.5. The van der Waals surface area contributed by atoms with Crippen LogP contribution in [0.3, 0.4) is 0 Å². The topological polar surface area (TPSA) is 55.8 Å². The Balaban J connectivity index is 2.15. The van der Waals surface area contributed by atoms with Gasteiger partial charge in [0.05, 0.1) is 6.10 Å². The van der Waals surface area contributed by atoms with Crippen LogP contribution in [-0.4, -0.2) is 36.5 Å². The smallest absolute Gasteiger partial charge is 0.332 e.